The van der Waals surface area contributed by atoms with Crippen molar-refractivity contribution in [3.05, 3.63) is 47.5 Å². The molecule has 1 saturated heterocycles. The van der Waals surface area contributed by atoms with Crippen LogP contribution < -0.4 is 0 Å². The van der Waals surface area contributed by atoms with E-state index >= 15 is 0 Å². The van der Waals surface area contributed by atoms with Crippen molar-refractivity contribution >= 4 is 23.7 Å². The Morgan fingerprint density at radius 3 is 2.50 bits per heavy atom. The van der Waals surface area contributed by atoms with Gasteiger partial charge in [0.15, 0.2) is 0 Å². The van der Waals surface area contributed by atoms with Gasteiger partial charge in [0.05, 0.1) is 32.0 Å². The summed E-state index contributed by atoms with van der Waals surface area (Å²) in [6.07, 6.45) is 7.30. The van der Waals surface area contributed by atoms with Gasteiger partial charge in [-0.1, -0.05) is 45.4 Å². The number of esters is 3. The van der Waals surface area contributed by atoms with Crippen LogP contribution in [0.5, 0.6) is 0 Å². The van der Waals surface area contributed by atoms with Crippen LogP contribution in [0.1, 0.15) is 78.9 Å². The molecule has 2 heterocycles. The summed E-state index contributed by atoms with van der Waals surface area (Å²) in [5.41, 5.74) is 0.283. The lowest BCUT2D eigenvalue weighted by molar-refractivity contribution is -0.195. The first-order chi connectivity index (χ1) is 18.8. The molecule has 3 aliphatic carbocycles. The lowest BCUT2D eigenvalue weighted by Gasteiger charge is -2.63. The minimum Gasteiger partial charge on any atom is -0.472 e. The molecule has 8 atom stereocenters. The SMILES string of the molecule is C/C=C(\C)C(=O)O[C@@H]1[C@H]2C=C3C(CC[C@]4(C)C3CC(=O)O[C@H]4c3ccoc3)[C@](C)(C2=O)[C@H](CC(=O)OC)C1(C)C. The van der Waals surface area contributed by atoms with E-state index in [1.165, 1.54) is 7.11 Å². The summed E-state index contributed by atoms with van der Waals surface area (Å²) in [6, 6.07) is 1.83. The Labute approximate surface area is 235 Å². The summed E-state index contributed by atoms with van der Waals surface area (Å²) in [6.45, 7) is 11.5. The lowest BCUT2D eigenvalue weighted by Crippen LogP contribution is -2.66. The van der Waals surface area contributed by atoms with E-state index in [1.807, 2.05) is 32.9 Å². The van der Waals surface area contributed by atoms with Crippen LogP contribution in [0.15, 0.2) is 46.3 Å². The average molecular weight is 553 g/mol. The smallest absolute Gasteiger partial charge is 0.333 e. The fourth-order valence-electron chi connectivity index (χ4n) is 8.48. The number of carbonyl (C=O) groups is 4. The summed E-state index contributed by atoms with van der Waals surface area (Å²) in [7, 11) is 1.35. The first-order valence-electron chi connectivity index (χ1n) is 14.2. The van der Waals surface area contributed by atoms with Gasteiger partial charge in [-0.2, -0.15) is 0 Å². The van der Waals surface area contributed by atoms with Crippen LogP contribution in [-0.4, -0.2) is 36.9 Å². The number of rotatable bonds is 5. The molecule has 8 nitrogen and oxygen atoms in total. The maximum absolute atomic E-state index is 14.4. The number of cyclic esters (lactones) is 1. The monoisotopic (exact) mass is 552 g/mol. The highest BCUT2D eigenvalue weighted by Gasteiger charge is 2.69. The molecule has 3 fully saturated rings. The minimum absolute atomic E-state index is 0.0150. The largest absolute Gasteiger partial charge is 0.472 e. The van der Waals surface area contributed by atoms with Crippen LogP contribution >= 0.6 is 0 Å². The Kier molecular flexibility index (Phi) is 6.91. The van der Waals surface area contributed by atoms with Gasteiger partial charge in [0, 0.05) is 33.8 Å². The molecule has 0 radical (unpaired) electrons. The zero-order chi connectivity index (χ0) is 29.2. The van der Waals surface area contributed by atoms with E-state index in [4.69, 9.17) is 18.6 Å². The Morgan fingerprint density at radius 2 is 1.88 bits per heavy atom. The fraction of sp³-hybridized carbons (Fsp3) is 0.625. The van der Waals surface area contributed by atoms with Crippen molar-refractivity contribution in [3.63, 3.8) is 0 Å². The number of hydrogen-bond acceptors (Lipinski definition) is 8. The normalized spacial score (nSPS) is 38.4. The van der Waals surface area contributed by atoms with E-state index in [0.717, 1.165) is 17.6 Å². The zero-order valence-electron chi connectivity index (χ0n) is 24.4. The van der Waals surface area contributed by atoms with Crippen molar-refractivity contribution in [2.75, 3.05) is 7.11 Å². The number of fused-ring (bicyclic) bond motifs is 6. The van der Waals surface area contributed by atoms with E-state index < -0.39 is 52.2 Å². The van der Waals surface area contributed by atoms with Crippen molar-refractivity contribution in [2.45, 2.75) is 79.4 Å². The Morgan fingerprint density at radius 1 is 1.15 bits per heavy atom. The van der Waals surface area contributed by atoms with Gasteiger partial charge in [-0.05, 0) is 50.5 Å². The summed E-state index contributed by atoms with van der Waals surface area (Å²) >= 11 is 0. The van der Waals surface area contributed by atoms with Gasteiger partial charge >= 0.3 is 17.9 Å². The summed E-state index contributed by atoms with van der Waals surface area (Å²) in [5, 5.41) is 0. The van der Waals surface area contributed by atoms with Crippen molar-refractivity contribution < 1.29 is 37.8 Å². The number of carbonyl (C=O) groups excluding carboxylic acids is 4. The molecule has 1 aliphatic heterocycles. The molecule has 8 heteroatoms. The van der Waals surface area contributed by atoms with Gasteiger partial charge < -0.3 is 18.6 Å². The van der Waals surface area contributed by atoms with Crippen LogP contribution in [0.2, 0.25) is 0 Å². The van der Waals surface area contributed by atoms with Crippen molar-refractivity contribution in [3.8, 4) is 0 Å². The highest BCUT2D eigenvalue weighted by Crippen LogP contribution is 2.68. The predicted octanol–water partition coefficient (Wildman–Crippen LogP) is 5.53. The average Bonchev–Trinajstić information content (AvgIpc) is 3.45. The third-order valence-corrected chi connectivity index (χ3v) is 10.8. The first kappa shape index (κ1) is 28.4. The molecular formula is C32H40O8. The highest BCUT2D eigenvalue weighted by molar-refractivity contribution is 5.94. The zero-order valence-corrected chi connectivity index (χ0v) is 24.4. The molecule has 0 aromatic carbocycles. The van der Waals surface area contributed by atoms with Gasteiger partial charge in [-0.3, -0.25) is 14.4 Å². The van der Waals surface area contributed by atoms with Crippen LogP contribution in [0.3, 0.4) is 0 Å². The Hall–Kier alpha value is -3.16. The molecule has 1 aromatic rings. The summed E-state index contributed by atoms with van der Waals surface area (Å²) in [5.74, 6) is -2.66. The number of Topliss-reactive ketones (excluding diaryl/α,β-unsaturated/α-hetero) is 1. The van der Waals surface area contributed by atoms with Crippen molar-refractivity contribution in [2.24, 2.45) is 39.9 Å². The third kappa shape index (κ3) is 4.00. The number of allylic oxidation sites excluding steroid dienone is 2. The van der Waals surface area contributed by atoms with Gasteiger partial charge in [0.2, 0.25) is 0 Å². The summed E-state index contributed by atoms with van der Waals surface area (Å²) in [4.78, 5) is 53.3. The maximum atomic E-state index is 14.4. The number of furan rings is 1. The van der Waals surface area contributed by atoms with Crippen molar-refractivity contribution in [1.82, 2.24) is 0 Å². The van der Waals surface area contributed by atoms with Crippen LogP contribution in [-0.2, 0) is 33.4 Å². The Bertz CT molecular complexity index is 1290. The molecule has 40 heavy (non-hydrogen) atoms. The highest BCUT2D eigenvalue weighted by atomic mass is 16.6. The molecule has 2 bridgehead atoms. The number of ketones is 1. The third-order valence-electron chi connectivity index (χ3n) is 10.8. The molecule has 4 aliphatic rings. The first-order valence-corrected chi connectivity index (χ1v) is 14.2. The molecule has 2 unspecified atom stereocenters. The quantitative estimate of drug-likeness (QED) is 0.203. The van der Waals surface area contributed by atoms with Crippen LogP contribution in [0.25, 0.3) is 0 Å². The van der Waals surface area contributed by atoms with E-state index in [1.54, 1.807) is 32.4 Å². The number of ether oxygens (including phenoxy) is 3. The van der Waals surface area contributed by atoms with Crippen molar-refractivity contribution in [1.29, 1.82) is 0 Å². The minimum atomic E-state index is -0.904. The fourth-order valence-corrected chi connectivity index (χ4v) is 8.48. The molecule has 0 spiro atoms. The second-order valence-corrected chi connectivity index (χ2v) is 13.1. The maximum Gasteiger partial charge on any atom is 0.333 e. The molecule has 5 rings (SSSR count). The van der Waals surface area contributed by atoms with Gasteiger partial charge in [-0.15, -0.1) is 0 Å². The van der Waals surface area contributed by atoms with Gasteiger partial charge in [0.25, 0.3) is 0 Å². The van der Waals surface area contributed by atoms with Gasteiger partial charge in [-0.25, -0.2) is 4.79 Å². The molecule has 0 N–H and O–H groups in total. The molecular weight excluding hydrogens is 512 g/mol. The summed E-state index contributed by atoms with van der Waals surface area (Å²) < 4.78 is 22.5. The van der Waals surface area contributed by atoms with Crippen LogP contribution in [0.4, 0.5) is 0 Å². The second kappa shape index (κ2) is 9.74. The predicted molar refractivity (Wildman–Crippen MR) is 144 cm³/mol. The molecule has 216 valence electrons. The number of hydrogen-bond donors (Lipinski definition) is 0. The van der Waals surface area contributed by atoms with E-state index in [-0.39, 0.29) is 36.4 Å². The number of methoxy groups -OCH3 is 1. The molecule has 1 aromatic heterocycles. The second-order valence-electron chi connectivity index (χ2n) is 13.1. The van der Waals surface area contributed by atoms with E-state index in [2.05, 4.69) is 6.92 Å². The van der Waals surface area contributed by atoms with E-state index in [9.17, 15) is 19.2 Å². The van der Waals surface area contributed by atoms with Gasteiger partial charge in [0.1, 0.15) is 18.0 Å². The Balaban J connectivity index is 1.66. The van der Waals surface area contributed by atoms with Crippen LogP contribution in [0, 0.1) is 39.9 Å². The standard InChI is InChI=1S/C32H40O8/c1-8-17(2)29(36)40-28-20-13-19-21(32(6,26(20)35)23(30(28,3)4)15-24(33)37-7)9-11-31(5)22(19)14-25(34)39-27(31)18-10-12-38-16-18/h8,10,12-13,16,20-23,27-28H,9,11,14-15H2,1-7H3/b17-8+/t20-,21?,22?,23+,27-,28+,31+,32-/m0/s1. The lowest BCUT2D eigenvalue weighted by atomic mass is 9.40. The topological polar surface area (TPSA) is 109 Å². The molecule has 2 saturated carbocycles. The molecule has 0 amide bonds. The van der Waals surface area contributed by atoms with E-state index in [0.29, 0.717) is 12.0 Å².